The summed E-state index contributed by atoms with van der Waals surface area (Å²) in [4.78, 5) is 26.8. The van der Waals surface area contributed by atoms with E-state index in [2.05, 4.69) is 20.9 Å². The van der Waals surface area contributed by atoms with Crippen molar-refractivity contribution in [3.63, 3.8) is 0 Å². The van der Waals surface area contributed by atoms with Gasteiger partial charge in [-0.05, 0) is 25.0 Å². The van der Waals surface area contributed by atoms with E-state index in [1.165, 1.54) is 0 Å². The van der Waals surface area contributed by atoms with Crippen molar-refractivity contribution < 1.29 is 4.79 Å². The van der Waals surface area contributed by atoms with Crippen LogP contribution in [0.5, 0.6) is 0 Å². The maximum Gasteiger partial charge on any atom is 0.319 e. The smallest absolute Gasteiger partial charge is 0.319 e. The molecule has 0 spiro atoms. The number of para-hydroxylation sites is 1. The molecule has 23 heavy (non-hydrogen) atoms. The van der Waals surface area contributed by atoms with E-state index in [1.54, 1.807) is 25.3 Å². The lowest BCUT2D eigenvalue weighted by Gasteiger charge is -2.39. The highest BCUT2D eigenvalue weighted by atomic mass is 16.2. The summed E-state index contributed by atoms with van der Waals surface area (Å²) >= 11 is 0. The van der Waals surface area contributed by atoms with Crippen LogP contribution in [0.25, 0.3) is 10.9 Å². The molecule has 1 atom stereocenters. The number of rotatable bonds is 2. The molecular formula is C17H23N5O. The molecule has 2 aromatic rings. The van der Waals surface area contributed by atoms with Gasteiger partial charge in [0.2, 0.25) is 0 Å². The number of benzene rings is 1. The standard InChI is InChI=1S/C17H23N5O/c1-20(2)17(23)21(3)13-7-6-10-22(11-13)16-14-8-4-5-9-15(14)18-12-19-16/h4-5,8-9,12-13H,6-7,10-11H2,1-3H3. The van der Waals surface area contributed by atoms with Gasteiger partial charge in [-0.1, -0.05) is 12.1 Å². The van der Waals surface area contributed by atoms with E-state index >= 15 is 0 Å². The number of hydrogen-bond acceptors (Lipinski definition) is 4. The third-order valence-corrected chi connectivity index (χ3v) is 4.45. The third-order valence-electron chi connectivity index (χ3n) is 4.45. The van der Waals surface area contributed by atoms with Crippen LogP contribution in [-0.2, 0) is 0 Å². The Hall–Kier alpha value is -2.37. The summed E-state index contributed by atoms with van der Waals surface area (Å²) in [7, 11) is 5.46. The summed E-state index contributed by atoms with van der Waals surface area (Å²) in [6, 6.07) is 8.31. The van der Waals surface area contributed by atoms with Crippen LogP contribution in [0.2, 0.25) is 0 Å². The number of carbonyl (C=O) groups is 1. The van der Waals surface area contributed by atoms with E-state index in [0.717, 1.165) is 42.7 Å². The summed E-state index contributed by atoms with van der Waals surface area (Å²) < 4.78 is 0. The largest absolute Gasteiger partial charge is 0.354 e. The molecule has 0 bridgehead atoms. The van der Waals surface area contributed by atoms with Crippen LogP contribution < -0.4 is 4.90 Å². The minimum Gasteiger partial charge on any atom is -0.354 e. The first kappa shape index (κ1) is 15.5. The first-order valence-electron chi connectivity index (χ1n) is 7.96. The number of hydrogen-bond donors (Lipinski definition) is 0. The number of anilines is 1. The van der Waals surface area contributed by atoms with Gasteiger partial charge < -0.3 is 14.7 Å². The van der Waals surface area contributed by atoms with Gasteiger partial charge in [0.25, 0.3) is 0 Å². The zero-order valence-corrected chi connectivity index (χ0v) is 13.9. The van der Waals surface area contributed by atoms with E-state index in [4.69, 9.17) is 0 Å². The van der Waals surface area contributed by atoms with Gasteiger partial charge in [0.05, 0.1) is 11.6 Å². The number of aromatic nitrogens is 2. The molecule has 1 aromatic carbocycles. The molecule has 122 valence electrons. The van der Waals surface area contributed by atoms with E-state index in [0.29, 0.717) is 0 Å². The Labute approximate surface area is 136 Å². The van der Waals surface area contributed by atoms with Gasteiger partial charge in [0.15, 0.2) is 0 Å². The first-order chi connectivity index (χ1) is 11.1. The average Bonchev–Trinajstić information content (AvgIpc) is 2.60. The Bertz CT molecular complexity index is 697. The number of urea groups is 1. The number of fused-ring (bicyclic) bond motifs is 1. The Morgan fingerprint density at radius 3 is 2.78 bits per heavy atom. The van der Waals surface area contributed by atoms with Gasteiger partial charge in [-0.3, -0.25) is 0 Å². The van der Waals surface area contributed by atoms with Crippen molar-refractivity contribution in [2.75, 3.05) is 39.1 Å². The topological polar surface area (TPSA) is 52.6 Å². The van der Waals surface area contributed by atoms with Crippen LogP contribution in [0, 0.1) is 0 Å². The van der Waals surface area contributed by atoms with Crippen molar-refractivity contribution in [1.29, 1.82) is 0 Å². The summed E-state index contributed by atoms with van der Waals surface area (Å²) in [5.74, 6) is 0.964. The molecule has 1 unspecified atom stereocenters. The summed E-state index contributed by atoms with van der Waals surface area (Å²) in [6.45, 7) is 1.76. The predicted molar refractivity (Wildman–Crippen MR) is 91.6 cm³/mol. The molecule has 3 rings (SSSR count). The molecule has 6 heteroatoms. The molecule has 0 saturated carbocycles. The van der Waals surface area contributed by atoms with Crippen molar-refractivity contribution in [2.45, 2.75) is 18.9 Å². The second-order valence-electron chi connectivity index (χ2n) is 6.24. The van der Waals surface area contributed by atoms with Crippen LogP contribution in [0.15, 0.2) is 30.6 Å². The Morgan fingerprint density at radius 2 is 2.00 bits per heavy atom. The molecule has 1 aromatic heterocycles. The maximum atomic E-state index is 12.2. The first-order valence-corrected chi connectivity index (χ1v) is 7.96. The highest BCUT2D eigenvalue weighted by molar-refractivity contribution is 5.89. The zero-order valence-electron chi connectivity index (χ0n) is 13.9. The third kappa shape index (κ3) is 3.06. The number of piperidine rings is 1. The number of amides is 2. The number of nitrogens with zero attached hydrogens (tertiary/aromatic N) is 5. The Kier molecular flexibility index (Phi) is 4.32. The highest BCUT2D eigenvalue weighted by Gasteiger charge is 2.28. The summed E-state index contributed by atoms with van der Waals surface area (Å²) in [6.07, 6.45) is 3.69. The lowest BCUT2D eigenvalue weighted by molar-refractivity contribution is 0.157. The second kappa shape index (κ2) is 6.40. The summed E-state index contributed by atoms with van der Waals surface area (Å²) in [5.41, 5.74) is 0.956. The van der Waals surface area contributed by atoms with Crippen molar-refractivity contribution >= 4 is 22.8 Å². The molecule has 0 N–H and O–H groups in total. The van der Waals surface area contributed by atoms with Crippen LogP contribution >= 0.6 is 0 Å². The lowest BCUT2D eigenvalue weighted by atomic mass is 10.0. The Morgan fingerprint density at radius 1 is 1.22 bits per heavy atom. The van der Waals surface area contributed by atoms with E-state index in [-0.39, 0.29) is 12.1 Å². The monoisotopic (exact) mass is 313 g/mol. The molecule has 0 aliphatic carbocycles. The van der Waals surface area contributed by atoms with Crippen LogP contribution in [0.1, 0.15) is 12.8 Å². The molecule has 1 saturated heterocycles. The minimum absolute atomic E-state index is 0.0457. The van der Waals surface area contributed by atoms with Crippen molar-refractivity contribution in [1.82, 2.24) is 19.8 Å². The fraction of sp³-hybridized carbons (Fsp3) is 0.471. The second-order valence-corrected chi connectivity index (χ2v) is 6.24. The van der Waals surface area contributed by atoms with Gasteiger partial charge in [-0.15, -0.1) is 0 Å². The molecule has 6 nitrogen and oxygen atoms in total. The van der Waals surface area contributed by atoms with E-state index in [1.807, 2.05) is 30.1 Å². The molecule has 1 aliphatic rings. The van der Waals surface area contributed by atoms with Crippen molar-refractivity contribution in [3.05, 3.63) is 30.6 Å². The number of carbonyl (C=O) groups excluding carboxylic acids is 1. The molecule has 2 heterocycles. The van der Waals surface area contributed by atoms with Crippen molar-refractivity contribution in [2.24, 2.45) is 0 Å². The lowest BCUT2D eigenvalue weighted by Crippen LogP contribution is -2.51. The molecule has 1 aliphatic heterocycles. The van der Waals surface area contributed by atoms with Gasteiger partial charge in [-0.25, -0.2) is 14.8 Å². The molecule has 0 radical (unpaired) electrons. The molecule has 2 amide bonds. The van der Waals surface area contributed by atoms with Gasteiger partial charge in [0.1, 0.15) is 12.1 Å². The maximum absolute atomic E-state index is 12.2. The molecular weight excluding hydrogens is 290 g/mol. The average molecular weight is 313 g/mol. The SMILES string of the molecule is CN(C)C(=O)N(C)C1CCCN(c2ncnc3ccccc23)C1. The fourth-order valence-corrected chi connectivity index (χ4v) is 3.18. The Balaban J connectivity index is 1.84. The van der Waals surface area contributed by atoms with E-state index in [9.17, 15) is 4.79 Å². The molecule has 1 fully saturated rings. The van der Waals surface area contributed by atoms with E-state index < -0.39 is 0 Å². The van der Waals surface area contributed by atoms with Crippen LogP contribution in [0.3, 0.4) is 0 Å². The van der Waals surface area contributed by atoms with Gasteiger partial charge in [0, 0.05) is 39.6 Å². The fourth-order valence-electron chi connectivity index (χ4n) is 3.18. The highest BCUT2D eigenvalue weighted by Crippen LogP contribution is 2.26. The number of likely N-dealkylation sites (N-methyl/N-ethyl adjacent to an activating group) is 1. The van der Waals surface area contributed by atoms with Gasteiger partial charge in [-0.2, -0.15) is 0 Å². The van der Waals surface area contributed by atoms with Crippen molar-refractivity contribution in [3.8, 4) is 0 Å². The predicted octanol–water partition coefficient (Wildman–Crippen LogP) is 2.21. The van der Waals surface area contributed by atoms with Gasteiger partial charge >= 0.3 is 6.03 Å². The van der Waals surface area contributed by atoms with Crippen LogP contribution in [0.4, 0.5) is 10.6 Å². The quantitative estimate of drug-likeness (QED) is 0.853. The minimum atomic E-state index is 0.0457. The normalized spacial score (nSPS) is 18.0. The zero-order chi connectivity index (χ0) is 16.4. The summed E-state index contributed by atoms with van der Waals surface area (Å²) in [5, 5.41) is 1.07. The van der Waals surface area contributed by atoms with Crippen LogP contribution in [-0.4, -0.2) is 66.1 Å².